The van der Waals surface area contributed by atoms with Crippen LogP contribution in [0.3, 0.4) is 0 Å². The number of furan rings is 1. The van der Waals surface area contributed by atoms with Gasteiger partial charge in [0, 0.05) is 18.8 Å². The third kappa shape index (κ3) is 4.11. The maximum Gasteiger partial charge on any atom is 0.287 e. The first-order valence-corrected chi connectivity index (χ1v) is 8.20. The summed E-state index contributed by atoms with van der Waals surface area (Å²) < 4.78 is 25.6. The van der Waals surface area contributed by atoms with Crippen molar-refractivity contribution in [1.29, 1.82) is 0 Å². The van der Waals surface area contributed by atoms with E-state index in [0.717, 1.165) is 11.3 Å². The van der Waals surface area contributed by atoms with Gasteiger partial charge in [-0.2, -0.15) is 5.10 Å². The number of amides is 1. The maximum absolute atomic E-state index is 12.9. The number of hydrogen-bond donors (Lipinski definition) is 1. The van der Waals surface area contributed by atoms with Gasteiger partial charge in [0.2, 0.25) is 0 Å². The second kappa shape index (κ2) is 7.43. The van der Waals surface area contributed by atoms with Crippen molar-refractivity contribution >= 4 is 5.91 Å². The smallest absolute Gasteiger partial charge is 0.287 e. The fraction of sp³-hybridized carbons (Fsp3) is 0.263. The van der Waals surface area contributed by atoms with Gasteiger partial charge in [0.1, 0.15) is 23.9 Å². The van der Waals surface area contributed by atoms with E-state index in [4.69, 9.17) is 9.15 Å². The number of ether oxygens (including phenoxy) is 1. The van der Waals surface area contributed by atoms with Crippen LogP contribution in [0.1, 0.15) is 40.5 Å². The molecule has 3 aromatic rings. The number of hydrogen-bond acceptors (Lipinski definition) is 4. The average molecular weight is 357 g/mol. The van der Waals surface area contributed by atoms with Crippen molar-refractivity contribution in [2.75, 3.05) is 0 Å². The monoisotopic (exact) mass is 357 g/mol. The SMILES string of the molecule is Cc1nn(C)cc1C(C)NC(=O)c1ccc(COc2ccc(F)cc2)o1. The van der Waals surface area contributed by atoms with Crippen molar-refractivity contribution in [3.63, 3.8) is 0 Å². The Labute approximate surface area is 150 Å². The van der Waals surface area contributed by atoms with Gasteiger partial charge < -0.3 is 14.5 Å². The van der Waals surface area contributed by atoms with Crippen molar-refractivity contribution < 1.29 is 18.3 Å². The lowest BCUT2D eigenvalue weighted by Gasteiger charge is -2.12. The van der Waals surface area contributed by atoms with Crippen molar-refractivity contribution in [2.24, 2.45) is 7.05 Å². The van der Waals surface area contributed by atoms with Crippen LogP contribution in [0, 0.1) is 12.7 Å². The Morgan fingerprint density at radius 3 is 2.69 bits per heavy atom. The second-order valence-electron chi connectivity index (χ2n) is 6.05. The zero-order valence-corrected chi connectivity index (χ0v) is 14.8. The van der Waals surface area contributed by atoms with E-state index in [0.29, 0.717) is 11.5 Å². The largest absolute Gasteiger partial charge is 0.486 e. The Hall–Kier alpha value is -3.09. The zero-order valence-electron chi connectivity index (χ0n) is 14.8. The quantitative estimate of drug-likeness (QED) is 0.733. The Balaban J connectivity index is 1.59. The zero-order chi connectivity index (χ0) is 18.7. The molecule has 136 valence electrons. The predicted octanol–water partition coefficient (Wildman–Crippen LogP) is 3.53. The van der Waals surface area contributed by atoms with E-state index in [-0.39, 0.29) is 30.1 Å². The molecule has 6 nitrogen and oxygen atoms in total. The fourth-order valence-corrected chi connectivity index (χ4v) is 2.65. The van der Waals surface area contributed by atoms with E-state index in [1.807, 2.05) is 27.1 Å². The molecule has 26 heavy (non-hydrogen) atoms. The number of benzene rings is 1. The molecular formula is C19H20FN3O3. The summed E-state index contributed by atoms with van der Waals surface area (Å²) >= 11 is 0. The molecule has 1 amide bonds. The minimum atomic E-state index is -0.327. The lowest BCUT2D eigenvalue weighted by atomic mass is 10.1. The summed E-state index contributed by atoms with van der Waals surface area (Å²) in [4.78, 5) is 12.4. The molecule has 2 heterocycles. The van der Waals surface area contributed by atoms with Gasteiger partial charge in [-0.25, -0.2) is 4.39 Å². The van der Waals surface area contributed by atoms with Gasteiger partial charge in [-0.15, -0.1) is 0 Å². The van der Waals surface area contributed by atoms with Gasteiger partial charge >= 0.3 is 0 Å². The highest BCUT2D eigenvalue weighted by Gasteiger charge is 2.18. The topological polar surface area (TPSA) is 69.3 Å². The van der Waals surface area contributed by atoms with E-state index in [9.17, 15) is 9.18 Å². The van der Waals surface area contributed by atoms with Crippen LogP contribution in [0.5, 0.6) is 5.75 Å². The highest BCUT2D eigenvalue weighted by Crippen LogP contribution is 2.18. The third-order valence-electron chi connectivity index (χ3n) is 3.95. The summed E-state index contributed by atoms with van der Waals surface area (Å²) in [5, 5.41) is 7.17. The molecule has 1 N–H and O–H groups in total. The van der Waals surface area contributed by atoms with Crippen LogP contribution in [-0.2, 0) is 13.7 Å². The summed E-state index contributed by atoms with van der Waals surface area (Å²) in [6.45, 7) is 3.94. The van der Waals surface area contributed by atoms with Crippen LogP contribution in [-0.4, -0.2) is 15.7 Å². The van der Waals surface area contributed by atoms with Crippen molar-refractivity contribution in [1.82, 2.24) is 15.1 Å². The number of halogens is 1. The summed E-state index contributed by atoms with van der Waals surface area (Å²) in [5.41, 5.74) is 1.82. The molecule has 3 rings (SSSR count). The number of aromatic nitrogens is 2. The van der Waals surface area contributed by atoms with Gasteiger partial charge in [-0.1, -0.05) is 0 Å². The lowest BCUT2D eigenvalue weighted by Crippen LogP contribution is -2.26. The summed E-state index contributed by atoms with van der Waals surface area (Å²) in [7, 11) is 1.84. The van der Waals surface area contributed by atoms with Gasteiger partial charge in [-0.05, 0) is 50.2 Å². The Bertz CT molecular complexity index is 899. The molecule has 1 atom stereocenters. The van der Waals surface area contributed by atoms with E-state index < -0.39 is 0 Å². The molecule has 0 saturated heterocycles. The molecule has 0 aliphatic heterocycles. The fourth-order valence-electron chi connectivity index (χ4n) is 2.65. The van der Waals surface area contributed by atoms with Crippen molar-refractivity contribution in [2.45, 2.75) is 26.5 Å². The molecule has 0 aliphatic carbocycles. The van der Waals surface area contributed by atoms with E-state index >= 15 is 0 Å². The third-order valence-corrected chi connectivity index (χ3v) is 3.95. The molecule has 0 bridgehead atoms. The molecule has 0 radical (unpaired) electrons. The van der Waals surface area contributed by atoms with Gasteiger partial charge in [0.25, 0.3) is 5.91 Å². The number of carbonyl (C=O) groups excluding carboxylic acids is 1. The standard InChI is InChI=1S/C19H20FN3O3/c1-12(17-10-23(3)22-13(17)2)21-19(24)18-9-8-16(26-18)11-25-15-6-4-14(20)5-7-15/h4-10,12H,11H2,1-3H3,(H,21,24). The molecule has 7 heteroatoms. The first-order valence-electron chi connectivity index (χ1n) is 8.20. The minimum Gasteiger partial charge on any atom is -0.486 e. The Morgan fingerprint density at radius 2 is 2.04 bits per heavy atom. The average Bonchev–Trinajstić information content (AvgIpc) is 3.20. The Morgan fingerprint density at radius 1 is 1.31 bits per heavy atom. The first kappa shape index (κ1) is 17.7. The van der Waals surface area contributed by atoms with Gasteiger partial charge in [0.05, 0.1) is 11.7 Å². The van der Waals surface area contributed by atoms with Crippen LogP contribution >= 0.6 is 0 Å². The number of nitrogens with zero attached hydrogens (tertiary/aromatic N) is 2. The second-order valence-corrected chi connectivity index (χ2v) is 6.05. The van der Waals surface area contributed by atoms with Crippen molar-refractivity contribution in [3.8, 4) is 5.75 Å². The summed E-state index contributed by atoms with van der Waals surface area (Å²) in [6.07, 6.45) is 1.88. The van der Waals surface area contributed by atoms with Gasteiger partial charge in [-0.3, -0.25) is 9.48 Å². The van der Waals surface area contributed by atoms with Crippen molar-refractivity contribution in [3.05, 3.63) is 71.2 Å². The minimum absolute atomic E-state index is 0.149. The molecule has 0 saturated carbocycles. The number of aryl methyl sites for hydroxylation is 2. The molecule has 0 fully saturated rings. The van der Waals surface area contributed by atoms with Crippen LogP contribution < -0.4 is 10.1 Å². The lowest BCUT2D eigenvalue weighted by molar-refractivity contribution is 0.0907. The van der Waals surface area contributed by atoms with E-state index in [1.165, 1.54) is 24.3 Å². The van der Waals surface area contributed by atoms with Crippen LogP contribution in [0.15, 0.2) is 47.0 Å². The summed E-state index contributed by atoms with van der Waals surface area (Å²) in [6, 6.07) is 8.78. The van der Waals surface area contributed by atoms with E-state index in [2.05, 4.69) is 10.4 Å². The molecular weight excluding hydrogens is 337 g/mol. The highest BCUT2D eigenvalue weighted by molar-refractivity contribution is 5.91. The molecule has 2 aromatic heterocycles. The highest BCUT2D eigenvalue weighted by atomic mass is 19.1. The Kier molecular flexibility index (Phi) is 5.06. The van der Waals surface area contributed by atoms with Crippen LogP contribution in [0.4, 0.5) is 4.39 Å². The molecule has 1 aromatic carbocycles. The molecule has 0 aliphatic rings. The van der Waals surface area contributed by atoms with Gasteiger partial charge in [0.15, 0.2) is 5.76 Å². The normalized spacial score (nSPS) is 12.0. The number of nitrogens with one attached hydrogen (secondary N) is 1. The summed E-state index contributed by atoms with van der Waals surface area (Å²) in [5.74, 6) is 0.594. The van der Waals surface area contributed by atoms with E-state index in [1.54, 1.807) is 16.8 Å². The molecule has 1 unspecified atom stereocenters. The van der Waals surface area contributed by atoms with Crippen LogP contribution in [0.25, 0.3) is 0 Å². The predicted molar refractivity (Wildman–Crippen MR) is 93.3 cm³/mol. The number of carbonyl (C=O) groups is 1. The first-order chi connectivity index (χ1) is 12.4. The van der Waals surface area contributed by atoms with Crippen LogP contribution in [0.2, 0.25) is 0 Å². The maximum atomic E-state index is 12.9. The molecule has 0 spiro atoms. The number of rotatable bonds is 6.